The number of carbonyl (C=O) groups is 1. The van der Waals surface area contributed by atoms with Crippen LogP contribution in [0.2, 0.25) is 0 Å². The molecule has 2 heterocycles. The molecule has 0 radical (unpaired) electrons. The van der Waals surface area contributed by atoms with Crippen molar-refractivity contribution in [2.24, 2.45) is 5.41 Å². The fraction of sp³-hybridized carbons (Fsp3) is 0.714. The second-order valence-electron chi connectivity index (χ2n) is 6.29. The highest BCUT2D eigenvalue weighted by atomic mass is 16.3. The molecule has 1 aliphatic heterocycles. The molecular weight excluding hydrogens is 242 g/mol. The molecule has 1 amide bonds. The second kappa shape index (κ2) is 5.74. The summed E-state index contributed by atoms with van der Waals surface area (Å²) in [6, 6.07) is 0.163. The van der Waals surface area contributed by atoms with Crippen LogP contribution in [0.1, 0.15) is 62.5 Å². The number of aromatic nitrogens is 1. The quantitative estimate of drug-likeness (QED) is 0.876. The predicted octanol–water partition coefficient (Wildman–Crippen LogP) is 2.27. The number of oxazole rings is 1. The summed E-state index contributed by atoms with van der Waals surface area (Å²) in [6.07, 6.45) is 4.53. The standard InChI is InChI=1S/C14H23N3O2/c1-14(2,3)6-8-16-12(18)11-9-19-13(17-11)10-5-4-7-15-10/h9-10,15H,4-8H2,1-3H3,(H,16,18). The van der Waals surface area contributed by atoms with Crippen molar-refractivity contribution < 1.29 is 9.21 Å². The maximum absolute atomic E-state index is 11.9. The van der Waals surface area contributed by atoms with Crippen molar-refractivity contribution in [3.8, 4) is 0 Å². The molecule has 1 fully saturated rings. The minimum atomic E-state index is -0.155. The van der Waals surface area contributed by atoms with Crippen LogP contribution in [0.5, 0.6) is 0 Å². The molecule has 0 aromatic carbocycles. The summed E-state index contributed by atoms with van der Waals surface area (Å²) in [7, 11) is 0. The molecule has 0 saturated carbocycles. The Balaban J connectivity index is 1.85. The van der Waals surface area contributed by atoms with E-state index in [9.17, 15) is 4.79 Å². The molecule has 1 saturated heterocycles. The normalized spacial score (nSPS) is 19.6. The molecule has 5 nitrogen and oxygen atoms in total. The van der Waals surface area contributed by atoms with Gasteiger partial charge in [0.2, 0.25) is 5.89 Å². The van der Waals surface area contributed by atoms with Crippen molar-refractivity contribution in [1.29, 1.82) is 0 Å². The summed E-state index contributed by atoms with van der Waals surface area (Å²) in [4.78, 5) is 16.2. The summed E-state index contributed by atoms with van der Waals surface area (Å²) in [5.41, 5.74) is 0.591. The minimum Gasteiger partial charge on any atom is -0.446 e. The zero-order valence-electron chi connectivity index (χ0n) is 12.0. The van der Waals surface area contributed by atoms with E-state index in [2.05, 4.69) is 36.4 Å². The van der Waals surface area contributed by atoms with Gasteiger partial charge in [0.1, 0.15) is 6.26 Å². The number of amides is 1. The lowest BCUT2D eigenvalue weighted by Crippen LogP contribution is -2.27. The summed E-state index contributed by atoms with van der Waals surface area (Å²) in [5.74, 6) is 0.468. The molecule has 19 heavy (non-hydrogen) atoms. The first-order chi connectivity index (χ1) is 8.96. The van der Waals surface area contributed by atoms with Crippen LogP contribution in [0.15, 0.2) is 10.7 Å². The van der Waals surface area contributed by atoms with Crippen molar-refractivity contribution in [3.63, 3.8) is 0 Å². The van der Waals surface area contributed by atoms with Gasteiger partial charge in [-0.3, -0.25) is 4.79 Å². The van der Waals surface area contributed by atoms with E-state index in [0.717, 1.165) is 25.8 Å². The Labute approximate surface area is 114 Å². The van der Waals surface area contributed by atoms with Gasteiger partial charge < -0.3 is 15.1 Å². The van der Waals surface area contributed by atoms with Gasteiger partial charge in [0.25, 0.3) is 5.91 Å². The van der Waals surface area contributed by atoms with Crippen molar-refractivity contribution in [2.75, 3.05) is 13.1 Å². The molecule has 2 rings (SSSR count). The number of hydrogen-bond acceptors (Lipinski definition) is 4. The number of nitrogens with zero attached hydrogens (tertiary/aromatic N) is 1. The topological polar surface area (TPSA) is 67.2 Å². The van der Waals surface area contributed by atoms with Crippen LogP contribution in [-0.4, -0.2) is 24.0 Å². The van der Waals surface area contributed by atoms with Gasteiger partial charge in [-0.1, -0.05) is 20.8 Å². The Kier molecular flexibility index (Phi) is 4.24. The molecule has 1 atom stereocenters. The molecule has 1 aromatic heterocycles. The van der Waals surface area contributed by atoms with E-state index in [1.807, 2.05) is 0 Å². The lowest BCUT2D eigenvalue weighted by Gasteiger charge is -2.17. The van der Waals surface area contributed by atoms with Crippen LogP contribution in [0.4, 0.5) is 0 Å². The van der Waals surface area contributed by atoms with Gasteiger partial charge in [-0.2, -0.15) is 0 Å². The summed E-state index contributed by atoms with van der Waals surface area (Å²) in [5, 5.41) is 6.18. The van der Waals surface area contributed by atoms with Crippen LogP contribution in [0, 0.1) is 5.41 Å². The maximum atomic E-state index is 11.9. The van der Waals surface area contributed by atoms with Crippen LogP contribution in [0.3, 0.4) is 0 Å². The maximum Gasteiger partial charge on any atom is 0.273 e. The smallest absolute Gasteiger partial charge is 0.273 e. The molecule has 0 bridgehead atoms. The number of hydrogen-bond donors (Lipinski definition) is 2. The fourth-order valence-corrected chi connectivity index (χ4v) is 2.09. The lowest BCUT2D eigenvalue weighted by molar-refractivity contribution is 0.0944. The molecule has 0 aliphatic carbocycles. The summed E-state index contributed by atoms with van der Waals surface area (Å²) >= 11 is 0. The van der Waals surface area contributed by atoms with Gasteiger partial charge in [0.05, 0.1) is 6.04 Å². The molecule has 1 aliphatic rings. The number of carbonyl (C=O) groups excluding carboxylic acids is 1. The monoisotopic (exact) mass is 265 g/mol. The van der Waals surface area contributed by atoms with Crippen LogP contribution < -0.4 is 10.6 Å². The van der Waals surface area contributed by atoms with Gasteiger partial charge in [-0.05, 0) is 31.2 Å². The first kappa shape index (κ1) is 14.1. The highest BCUT2D eigenvalue weighted by Gasteiger charge is 2.22. The molecule has 1 unspecified atom stereocenters. The molecule has 1 aromatic rings. The second-order valence-corrected chi connectivity index (χ2v) is 6.29. The van der Waals surface area contributed by atoms with E-state index in [0.29, 0.717) is 18.1 Å². The van der Waals surface area contributed by atoms with Crippen molar-refractivity contribution in [3.05, 3.63) is 17.8 Å². The Morgan fingerprint density at radius 1 is 1.58 bits per heavy atom. The highest BCUT2D eigenvalue weighted by Crippen LogP contribution is 2.22. The zero-order valence-corrected chi connectivity index (χ0v) is 12.0. The third-order valence-electron chi connectivity index (χ3n) is 3.27. The van der Waals surface area contributed by atoms with Crippen molar-refractivity contribution in [2.45, 2.75) is 46.1 Å². The minimum absolute atomic E-state index is 0.155. The Morgan fingerprint density at radius 2 is 2.37 bits per heavy atom. The third kappa shape index (κ3) is 4.06. The average Bonchev–Trinajstić information content (AvgIpc) is 2.98. The summed E-state index contributed by atoms with van der Waals surface area (Å²) in [6.45, 7) is 8.10. The lowest BCUT2D eigenvalue weighted by atomic mass is 9.92. The average molecular weight is 265 g/mol. The van der Waals surface area contributed by atoms with Gasteiger partial charge in [0.15, 0.2) is 5.69 Å². The number of rotatable bonds is 4. The summed E-state index contributed by atoms with van der Waals surface area (Å²) < 4.78 is 5.38. The van der Waals surface area contributed by atoms with Gasteiger partial charge >= 0.3 is 0 Å². The van der Waals surface area contributed by atoms with Gasteiger partial charge in [-0.15, -0.1) is 0 Å². The molecule has 5 heteroatoms. The van der Waals surface area contributed by atoms with Crippen molar-refractivity contribution >= 4 is 5.91 Å². The largest absolute Gasteiger partial charge is 0.446 e. The van der Waals surface area contributed by atoms with Crippen LogP contribution in [-0.2, 0) is 0 Å². The molecule has 106 valence electrons. The zero-order chi connectivity index (χ0) is 13.9. The van der Waals surface area contributed by atoms with E-state index < -0.39 is 0 Å². The number of nitrogens with one attached hydrogen (secondary N) is 2. The first-order valence-corrected chi connectivity index (χ1v) is 6.93. The molecule has 0 spiro atoms. The highest BCUT2D eigenvalue weighted by molar-refractivity contribution is 5.91. The Morgan fingerprint density at radius 3 is 3.00 bits per heavy atom. The van der Waals surface area contributed by atoms with Crippen LogP contribution >= 0.6 is 0 Å². The van der Waals surface area contributed by atoms with E-state index in [1.54, 1.807) is 0 Å². The van der Waals surface area contributed by atoms with E-state index in [-0.39, 0.29) is 17.4 Å². The Hall–Kier alpha value is -1.36. The SMILES string of the molecule is CC(C)(C)CCNC(=O)c1coc(C2CCCN2)n1. The predicted molar refractivity (Wildman–Crippen MR) is 72.9 cm³/mol. The molecular formula is C14H23N3O2. The third-order valence-corrected chi connectivity index (χ3v) is 3.27. The van der Waals surface area contributed by atoms with Gasteiger partial charge in [-0.25, -0.2) is 4.98 Å². The van der Waals surface area contributed by atoms with Crippen molar-refractivity contribution in [1.82, 2.24) is 15.6 Å². The van der Waals surface area contributed by atoms with E-state index >= 15 is 0 Å². The van der Waals surface area contributed by atoms with Gasteiger partial charge in [0, 0.05) is 6.54 Å². The first-order valence-electron chi connectivity index (χ1n) is 6.93. The van der Waals surface area contributed by atoms with Crippen LogP contribution in [0.25, 0.3) is 0 Å². The fourth-order valence-electron chi connectivity index (χ4n) is 2.09. The van der Waals surface area contributed by atoms with E-state index in [4.69, 9.17) is 4.42 Å². The molecule has 2 N–H and O–H groups in total. The Bertz CT molecular complexity index is 428. The van der Waals surface area contributed by atoms with E-state index in [1.165, 1.54) is 6.26 Å².